The smallest absolute Gasteiger partial charge is 0.227 e. The quantitative estimate of drug-likeness (QED) is 0.615. The number of carbonyl (C=O) groups excluding carboxylic acids is 1. The molecule has 3 aromatic rings. The maximum Gasteiger partial charge on any atom is 0.227 e. The first-order chi connectivity index (χ1) is 16.1. The van der Waals surface area contributed by atoms with Gasteiger partial charge in [-0.15, -0.1) is 0 Å². The van der Waals surface area contributed by atoms with Gasteiger partial charge in [-0.25, -0.2) is 0 Å². The second-order valence-corrected chi connectivity index (χ2v) is 9.48. The van der Waals surface area contributed by atoms with Crippen LogP contribution in [-0.2, 0) is 30.7 Å². The van der Waals surface area contributed by atoms with Crippen LogP contribution in [0.5, 0.6) is 0 Å². The van der Waals surface area contributed by atoms with Gasteiger partial charge in [0.25, 0.3) is 0 Å². The molecule has 4 heterocycles. The van der Waals surface area contributed by atoms with Crippen molar-refractivity contribution >= 4 is 11.6 Å². The van der Waals surface area contributed by atoms with E-state index in [-0.39, 0.29) is 5.91 Å². The van der Waals surface area contributed by atoms with E-state index < -0.39 is 0 Å². The fourth-order valence-electron chi connectivity index (χ4n) is 5.32. The third-order valence-corrected chi connectivity index (χ3v) is 7.20. The standard InChI is InChI=1S/C28H28N4O/c1-19-11-21(7-9-29-19)28-26-13-24-16-32(27(33)14-22(24)12-23(26)15-30-28)25-17-31(18-25)10-8-20-5-3-2-4-6-20/h2-7,9,11-13,25H,8,10,14-18H2,1H3. The minimum absolute atomic E-state index is 0.263. The number of carbonyl (C=O) groups is 1. The van der Waals surface area contributed by atoms with Crippen LogP contribution in [0.25, 0.3) is 0 Å². The molecular formula is C28H28N4O. The predicted molar refractivity (Wildman–Crippen MR) is 129 cm³/mol. The average Bonchev–Trinajstić information content (AvgIpc) is 3.20. The molecule has 1 fully saturated rings. The lowest BCUT2D eigenvalue weighted by molar-refractivity contribution is -0.138. The Morgan fingerprint density at radius 2 is 1.85 bits per heavy atom. The van der Waals surface area contributed by atoms with Crippen LogP contribution in [0.2, 0.25) is 0 Å². The fraction of sp³-hybridized carbons (Fsp3) is 0.321. The third kappa shape index (κ3) is 3.87. The summed E-state index contributed by atoms with van der Waals surface area (Å²) in [5.41, 5.74) is 9.45. The highest BCUT2D eigenvalue weighted by Crippen LogP contribution is 2.31. The number of aromatic nitrogens is 1. The van der Waals surface area contributed by atoms with Crippen LogP contribution in [-0.4, -0.2) is 52.1 Å². The fourth-order valence-corrected chi connectivity index (χ4v) is 5.32. The minimum atomic E-state index is 0.263. The summed E-state index contributed by atoms with van der Waals surface area (Å²) in [5.74, 6) is 0.263. The van der Waals surface area contributed by atoms with Gasteiger partial charge >= 0.3 is 0 Å². The molecule has 1 aromatic heterocycles. The van der Waals surface area contributed by atoms with Gasteiger partial charge in [0, 0.05) is 49.2 Å². The first-order valence-electron chi connectivity index (χ1n) is 11.8. The molecular weight excluding hydrogens is 408 g/mol. The Kier molecular flexibility index (Phi) is 5.07. The molecule has 1 saturated heterocycles. The van der Waals surface area contributed by atoms with E-state index in [0.29, 0.717) is 25.6 Å². The molecule has 0 bridgehead atoms. The lowest BCUT2D eigenvalue weighted by atomic mass is 9.90. The van der Waals surface area contributed by atoms with E-state index in [1.54, 1.807) is 0 Å². The molecule has 0 N–H and O–H groups in total. The van der Waals surface area contributed by atoms with Crippen LogP contribution in [0.4, 0.5) is 0 Å². The zero-order chi connectivity index (χ0) is 22.4. The summed E-state index contributed by atoms with van der Waals surface area (Å²) in [7, 11) is 0. The zero-order valence-electron chi connectivity index (χ0n) is 19.0. The minimum Gasteiger partial charge on any atom is -0.333 e. The highest BCUT2D eigenvalue weighted by atomic mass is 16.2. The van der Waals surface area contributed by atoms with Gasteiger partial charge in [0.15, 0.2) is 0 Å². The third-order valence-electron chi connectivity index (χ3n) is 7.20. The number of hydrogen-bond donors (Lipinski definition) is 0. The van der Waals surface area contributed by atoms with Crippen molar-refractivity contribution in [2.24, 2.45) is 4.99 Å². The van der Waals surface area contributed by atoms with Gasteiger partial charge in [-0.2, -0.15) is 0 Å². The summed E-state index contributed by atoms with van der Waals surface area (Å²) in [4.78, 5) is 26.7. The summed E-state index contributed by atoms with van der Waals surface area (Å²) in [6, 6.07) is 19.6. The van der Waals surface area contributed by atoms with Crippen LogP contribution >= 0.6 is 0 Å². The highest BCUT2D eigenvalue weighted by Gasteiger charge is 2.37. The van der Waals surface area contributed by atoms with E-state index in [2.05, 4.69) is 63.3 Å². The molecule has 0 atom stereocenters. The zero-order valence-corrected chi connectivity index (χ0v) is 19.0. The van der Waals surface area contributed by atoms with Crippen molar-refractivity contribution in [1.82, 2.24) is 14.8 Å². The van der Waals surface area contributed by atoms with Gasteiger partial charge in [-0.1, -0.05) is 36.4 Å². The summed E-state index contributed by atoms with van der Waals surface area (Å²) < 4.78 is 0. The van der Waals surface area contributed by atoms with Crippen molar-refractivity contribution in [2.75, 3.05) is 19.6 Å². The molecule has 0 saturated carbocycles. The summed E-state index contributed by atoms with van der Waals surface area (Å²) >= 11 is 0. The van der Waals surface area contributed by atoms with E-state index in [4.69, 9.17) is 4.99 Å². The molecule has 3 aliphatic heterocycles. The largest absolute Gasteiger partial charge is 0.333 e. The number of aryl methyl sites for hydroxylation is 1. The first-order valence-corrected chi connectivity index (χ1v) is 11.8. The van der Waals surface area contributed by atoms with Crippen LogP contribution < -0.4 is 0 Å². The van der Waals surface area contributed by atoms with Crippen molar-refractivity contribution in [3.63, 3.8) is 0 Å². The molecule has 6 rings (SSSR count). The van der Waals surface area contributed by atoms with E-state index >= 15 is 0 Å². The molecule has 5 heteroatoms. The number of likely N-dealkylation sites (tertiary alicyclic amines) is 1. The molecule has 166 valence electrons. The lowest BCUT2D eigenvalue weighted by Crippen LogP contribution is -2.61. The van der Waals surface area contributed by atoms with Crippen LogP contribution in [0, 0.1) is 6.92 Å². The predicted octanol–water partition coefficient (Wildman–Crippen LogP) is 3.55. The highest BCUT2D eigenvalue weighted by molar-refractivity contribution is 6.15. The number of pyridine rings is 1. The summed E-state index contributed by atoms with van der Waals surface area (Å²) in [6.45, 7) is 6.41. The number of nitrogens with zero attached hydrogens (tertiary/aromatic N) is 4. The SMILES string of the molecule is Cc1cc(C2=NCc3cc4c(cc32)CN(C2CN(CCc3ccccc3)C2)C(=O)C4)ccn1. The molecule has 5 nitrogen and oxygen atoms in total. The molecule has 3 aliphatic rings. The second kappa shape index (κ2) is 8.23. The van der Waals surface area contributed by atoms with E-state index in [1.165, 1.54) is 27.8 Å². The van der Waals surface area contributed by atoms with Crippen LogP contribution in [0.15, 0.2) is 65.8 Å². The molecule has 0 unspecified atom stereocenters. The Labute approximate surface area is 194 Å². The number of rotatable bonds is 5. The molecule has 33 heavy (non-hydrogen) atoms. The Morgan fingerprint density at radius 3 is 2.67 bits per heavy atom. The Bertz CT molecular complexity index is 1240. The molecule has 0 aliphatic carbocycles. The molecule has 2 aromatic carbocycles. The number of aliphatic imine (C=N–C) groups is 1. The van der Waals surface area contributed by atoms with Gasteiger partial charge in [0.05, 0.1) is 24.7 Å². The first kappa shape index (κ1) is 20.3. The Hall–Kier alpha value is -3.31. The van der Waals surface area contributed by atoms with Gasteiger partial charge in [0.2, 0.25) is 5.91 Å². The van der Waals surface area contributed by atoms with Crippen molar-refractivity contribution in [1.29, 1.82) is 0 Å². The number of benzene rings is 2. The maximum absolute atomic E-state index is 13.0. The van der Waals surface area contributed by atoms with Gasteiger partial charge in [-0.05, 0) is 53.8 Å². The molecule has 1 amide bonds. The van der Waals surface area contributed by atoms with Crippen molar-refractivity contribution in [3.8, 4) is 0 Å². The molecule has 0 radical (unpaired) electrons. The van der Waals surface area contributed by atoms with Crippen molar-refractivity contribution in [2.45, 2.75) is 38.9 Å². The Balaban J connectivity index is 1.15. The monoisotopic (exact) mass is 436 g/mol. The van der Waals surface area contributed by atoms with E-state index in [9.17, 15) is 4.79 Å². The second-order valence-electron chi connectivity index (χ2n) is 9.48. The van der Waals surface area contributed by atoms with Crippen LogP contribution in [0.1, 0.15) is 39.1 Å². The number of fused-ring (bicyclic) bond motifs is 2. The van der Waals surface area contributed by atoms with Gasteiger partial charge < -0.3 is 4.90 Å². The average molecular weight is 437 g/mol. The Morgan fingerprint density at radius 1 is 1.00 bits per heavy atom. The lowest BCUT2D eigenvalue weighted by Gasteiger charge is -2.47. The van der Waals surface area contributed by atoms with E-state index in [1.807, 2.05) is 19.2 Å². The van der Waals surface area contributed by atoms with Gasteiger partial charge in [0.1, 0.15) is 0 Å². The molecule has 0 spiro atoms. The normalized spacial score (nSPS) is 18.0. The summed E-state index contributed by atoms with van der Waals surface area (Å²) in [5, 5.41) is 0. The topological polar surface area (TPSA) is 48.8 Å². The van der Waals surface area contributed by atoms with E-state index in [0.717, 1.165) is 43.0 Å². The van der Waals surface area contributed by atoms with Crippen molar-refractivity contribution in [3.05, 3.63) is 99.9 Å². The van der Waals surface area contributed by atoms with Gasteiger partial charge in [-0.3, -0.25) is 19.7 Å². The maximum atomic E-state index is 13.0. The van der Waals surface area contributed by atoms with Crippen molar-refractivity contribution < 1.29 is 4.79 Å². The van der Waals surface area contributed by atoms with Crippen LogP contribution in [0.3, 0.4) is 0 Å². The summed E-state index contributed by atoms with van der Waals surface area (Å²) in [6.07, 6.45) is 3.42. The number of amides is 1. The number of hydrogen-bond acceptors (Lipinski definition) is 4.